The van der Waals surface area contributed by atoms with Gasteiger partial charge in [-0.25, -0.2) is 4.79 Å². The summed E-state index contributed by atoms with van der Waals surface area (Å²) in [6.45, 7) is 0. The summed E-state index contributed by atoms with van der Waals surface area (Å²) < 4.78 is 0. The largest absolute Gasteiger partial charge is 0.386 e. The van der Waals surface area contributed by atoms with Crippen LogP contribution < -0.4 is 16.4 Å². The molecule has 5 heteroatoms. The molecule has 5 nitrogen and oxygen atoms in total. The minimum atomic E-state index is -0.283. The second-order valence-corrected chi connectivity index (χ2v) is 5.22. The molecule has 0 aromatic rings. The zero-order chi connectivity index (χ0) is 12.3. The highest BCUT2D eigenvalue weighted by molar-refractivity contribution is 5.88. The van der Waals surface area contributed by atoms with Crippen LogP contribution in [0.3, 0.4) is 0 Å². The molecular formula is C12H22N4O. The van der Waals surface area contributed by atoms with Gasteiger partial charge in [0.25, 0.3) is 0 Å². The standard InChI is InChI=1S/C12H22N4O/c13-11(14)10(8-4-2-1-3-5-8)16-12(17)15-9-6-7-9/h8-10H,1-7H2,(H3,13,14)(H2,15,16,17). The first-order chi connectivity index (χ1) is 8.16. The number of nitrogens with one attached hydrogen (secondary N) is 3. The fraction of sp³-hybridized carbons (Fsp3) is 0.833. The molecule has 5 N–H and O–H groups in total. The fourth-order valence-electron chi connectivity index (χ4n) is 2.51. The molecule has 2 aliphatic carbocycles. The van der Waals surface area contributed by atoms with Crippen LogP contribution in [0.1, 0.15) is 44.9 Å². The summed E-state index contributed by atoms with van der Waals surface area (Å²) in [5.41, 5.74) is 5.60. The SMILES string of the molecule is N=C(N)C(NC(=O)NC1CC1)C1CCCCC1. The molecule has 0 saturated heterocycles. The Morgan fingerprint density at radius 2 is 1.82 bits per heavy atom. The van der Waals surface area contributed by atoms with E-state index >= 15 is 0 Å². The number of hydrogen-bond acceptors (Lipinski definition) is 2. The first-order valence-electron chi connectivity index (χ1n) is 6.58. The van der Waals surface area contributed by atoms with E-state index in [0.717, 1.165) is 25.7 Å². The van der Waals surface area contributed by atoms with Crippen LogP contribution in [-0.2, 0) is 0 Å². The van der Waals surface area contributed by atoms with E-state index in [-0.39, 0.29) is 17.9 Å². The third-order valence-electron chi connectivity index (χ3n) is 3.66. The lowest BCUT2D eigenvalue weighted by atomic mass is 9.83. The summed E-state index contributed by atoms with van der Waals surface area (Å²) in [6, 6.07) is -0.110. The van der Waals surface area contributed by atoms with Gasteiger partial charge in [0.15, 0.2) is 0 Å². The van der Waals surface area contributed by atoms with Crippen molar-refractivity contribution in [3.63, 3.8) is 0 Å². The van der Waals surface area contributed by atoms with Crippen LogP contribution in [0, 0.1) is 11.3 Å². The summed E-state index contributed by atoms with van der Waals surface area (Å²) in [7, 11) is 0. The Hall–Kier alpha value is -1.26. The van der Waals surface area contributed by atoms with Gasteiger partial charge >= 0.3 is 6.03 Å². The summed E-state index contributed by atoms with van der Waals surface area (Å²) >= 11 is 0. The van der Waals surface area contributed by atoms with E-state index in [9.17, 15) is 4.79 Å². The van der Waals surface area contributed by atoms with Crippen molar-refractivity contribution >= 4 is 11.9 Å². The first kappa shape index (κ1) is 12.2. The third kappa shape index (κ3) is 3.61. The summed E-state index contributed by atoms with van der Waals surface area (Å²) in [5.74, 6) is 0.425. The summed E-state index contributed by atoms with van der Waals surface area (Å²) in [4.78, 5) is 11.7. The van der Waals surface area contributed by atoms with Crippen LogP contribution in [0.4, 0.5) is 4.79 Å². The number of amides is 2. The first-order valence-corrected chi connectivity index (χ1v) is 6.58. The summed E-state index contributed by atoms with van der Waals surface area (Å²) in [5, 5.41) is 13.3. The van der Waals surface area contributed by atoms with Crippen LogP contribution in [-0.4, -0.2) is 24.0 Å². The minimum absolute atomic E-state index is 0.0860. The van der Waals surface area contributed by atoms with E-state index in [0.29, 0.717) is 12.0 Å². The van der Waals surface area contributed by atoms with Gasteiger partial charge in [0.1, 0.15) is 5.84 Å². The molecule has 1 unspecified atom stereocenters. The van der Waals surface area contributed by atoms with Crippen LogP contribution in [0.25, 0.3) is 0 Å². The predicted octanol–water partition coefficient (Wildman–Crippen LogP) is 1.33. The highest BCUT2D eigenvalue weighted by Gasteiger charge is 2.29. The molecule has 2 amide bonds. The van der Waals surface area contributed by atoms with Gasteiger partial charge in [-0.1, -0.05) is 19.3 Å². The maximum absolute atomic E-state index is 11.7. The predicted molar refractivity (Wildman–Crippen MR) is 67.0 cm³/mol. The Labute approximate surface area is 102 Å². The minimum Gasteiger partial charge on any atom is -0.386 e. The molecule has 0 spiro atoms. The van der Waals surface area contributed by atoms with Gasteiger partial charge in [-0.05, 0) is 31.6 Å². The van der Waals surface area contributed by atoms with Crippen molar-refractivity contribution in [2.75, 3.05) is 0 Å². The van der Waals surface area contributed by atoms with Crippen molar-refractivity contribution in [2.45, 2.75) is 57.0 Å². The topological polar surface area (TPSA) is 91.0 Å². The van der Waals surface area contributed by atoms with Crippen LogP contribution in [0.2, 0.25) is 0 Å². The van der Waals surface area contributed by atoms with Crippen molar-refractivity contribution in [2.24, 2.45) is 11.7 Å². The van der Waals surface area contributed by atoms with Crippen LogP contribution in [0.15, 0.2) is 0 Å². The Morgan fingerprint density at radius 3 is 2.35 bits per heavy atom. The number of carbonyl (C=O) groups is 1. The maximum Gasteiger partial charge on any atom is 0.315 e. The van der Waals surface area contributed by atoms with Gasteiger partial charge in [0.2, 0.25) is 0 Å². The molecule has 0 heterocycles. The number of amidine groups is 1. The highest BCUT2D eigenvalue weighted by atomic mass is 16.2. The van der Waals surface area contributed by atoms with E-state index in [4.69, 9.17) is 11.1 Å². The van der Waals surface area contributed by atoms with E-state index in [1.165, 1.54) is 19.3 Å². The fourth-order valence-corrected chi connectivity index (χ4v) is 2.51. The third-order valence-corrected chi connectivity index (χ3v) is 3.66. The smallest absolute Gasteiger partial charge is 0.315 e. The van der Waals surface area contributed by atoms with E-state index < -0.39 is 0 Å². The number of hydrogen-bond donors (Lipinski definition) is 4. The quantitative estimate of drug-likeness (QED) is 0.439. The molecule has 0 radical (unpaired) electrons. The van der Waals surface area contributed by atoms with Crippen LogP contribution in [0.5, 0.6) is 0 Å². The zero-order valence-corrected chi connectivity index (χ0v) is 10.2. The van der Waals surface area contributed by atoms with Gasteiger partial charge in [-0.15, -0.1) is 0 Å². The Bertz CT molecular complexity index is 295. The second-order valence-electron chi connectivity index (χ2n) is 5.22. The molecule has 0 bridgehead atoms. The summed E-state index contributed by atoms with van der Waals surface area (Å²) in [6.07, 6.45) is 7.89. The highest BCUT2D eigenvalue weighted by Crippen LogP contribution is 2.26. The lowest BCUT2D eigenvalue weighted by molar-refractivity contribution is 0.230. The van der Waals surface area contributed by atoms with Gasteiger partial charge in [-0.2, -0.15) is 0 Å². The number of rotatable bonds is 4. The van der Waals surface area contributed by atoms with Crippen molar-refractivity contribution < 1.29 is 4.79 Å². The average molecular weight is 238 g/mol. The van der Waals surface area contributed by atoms with Crippen molar-refractivity contribution in [3.8, 4) is 0 Å². The van der Waals surface area contributed by atoms with Gasteiger partial charge in [0.05, 0.1) is 6.04 Å². The van der Waals surface area contributed by atoms with Crippen LogP contribution >= 0.6 is 0 Å². The molecule has 0 aliphatic heterocycles. The van der Waals surface area contributed by atoms with Gasteiger partial charge < -0.3 is 16.4 Å². The average Bonchev–Trinajstić information content (AvgIpc) is 3.10. The molecular weight excluding hydrogens is 216 g/mol. The maximum atomic E-state index is 11.7. The van der Waals surface area contributed by atoms with Crippen molar-refractivity contribution in [3.05, 3.63) is 0 Å². The molecule has 0 aromatic carbocycles. The number of nitrogens with two attached hydrogens (primary N) is 1. The Balaban J connectivity index is 1.86. The lowest BCUT2D eigenvalue weighted by Crippen LogP contribution is -2.52. The molecule has 0 aromatic heterocycles. The molecule has 96 valence electrons. The molecule has 2 aliphatic rings. The van der Waals surface area contributed by atoms with E-state index in [1.807, 2.05) is 0 Å². The molecule has 1 atom stereocenters. The molecule has 2 rings (SSSR count). The zero-order valence-electron chi connectivity index (χ0n) is 10.2. The van der Waals surface area contributed by atoms with Crippen molar-refractivity contribution in [1.82, 2.24) is 10.6 Å². The van der Waals surface area contributed by atoms with Gasteiger partial charge in [0, 0.05) is 6.04 Å². The molecule has 2 saturated carbocycles. The number of carbonyl (C=O) groups excluding carboxylic acids is 1. The second kappa shape index (κ2) is 5.38. The van der Waals surface area contributed by atoms with Gasteiger partial charge in [-0.3, -0.25) is 5.41 Å². The Morgan fingerprint density at radius 1 is 1.18 bits per heavy atom. The van der Waals surface area contributed by atoms with E-state index in [2.05, 4.69) is 10.6 Å². The lowest BCUT2D eigenvalue weighted by Gasteiger charge is -2.30. The Kier molecular flexibility index (Phi) is 3.86. The monoisotopic (exact) mass is 238 g/mol. The van der Waals surface area contributed by atoms with E-state index in [1.54, 1.807) is 0 Å². The molecule has 2 fully saturated rings. The normalized spacial score (nSPS) is 22.8. The number of urea groups is 1. The van der Waals surface area contributed by atoms with Crippen molar-refractivity contribution in [1.29, 1.82) is 5.41 Å². The molecule has 17 heavy (non-hydrogen) atoms.